The molecule has 0 unspecified atom stereocenters. The van der Waals surface area contributed by atoms with Crippen molar-refractivity contribution < 1.29 is 24.2 Å². The van der Waals surface area contributed by atoms with Gasteiger partial charge in [-0.1, -0.05) is 0 Å². The van der Waals surface area contributed by atoms with E-state index in [1.54, 1.807) is 30.9 Å². The van der Waals surface area contributed by atoms with Gasteiger partial charge in [-0.2, -0.15) is 0 Å². The third-order valence-electron chi connectivity index (χ3n) is 3.81. The quantitative estimate of drug-likeness (QED) is 0.914. The number of amides is 1. The van der Waals surface area contributed by atoms with Gasteiger partial charge in [0.1, 0.15) is 11.4 Å². The Morgan fingerprint density at radius 2 is 1.75 bits per heavy atom. The van der Waals surface area contributed by atoms with E-state index in [1.165, 1.54) is 0 Å². The third kappa shape index (κ3) is 4.40. The molecule has 0 spiro atoms. The van der Waals surface area contributed by atoms with Crippen molar-refractivity contribution in [2.45, 2.75) is 40.2 Å². The number of hydrogen-bond acceptors (Lipinski definition) is 4. The van der Waals surface area contributed by atoms with E-state index in [9.17, 15) is 14.7 Å². The molecule has 0 atom stereocenters. The van der Waals surface area contributed by atoms with E-state index in [1.807, 2.05) is 20.8 Å². The Morgan fingerprint density at radius 3 is 2.21 bits per heavy atom. The van der Waals surface area contributed by atoms with E-state index in [0.717, 1.165) is 0 Å². The molecule has 1 amide bonds. The number of aryl methyl sites for hydroxylation is 2. The van der Waals surface area contributed by atoms with Gasteiger partial charge in [0.25, 0.3) is 0 Å². The molecule has 1 heterocycles. The van der Waals surface area contributed by atoms with Gasteiger partial charge >= 0.3 is 12.1 Å². The molecule has 24 heavy (non-hydrogen) atoms. The molecule has 2 rings (SSSR count). The summed E-state index contributed by atoms with van der Waals surface area (Å²) < 4.78 is 11.1. The van der Waals surface area contributed by atoms with Crippen LogP contribution in [0.1, 0.15) is 42.3 Å². The highest BCUT2D eigenvalue weighted by Crippen LogP contribution is 2.24. The zero-order chi connectivity index (χ0) is 18.1. The number of likely N-dealkylation sites (tertiary alicyclic amines) is 1. The van der Waals surface area contributed by atoms with Gasteiger partial charge in [-0.05, 0) is 57.9 Å². The summed E-state index contributed by atoms with van der Waals surface area (Å²) in [5, 5.41) is 9.17. The molecule has 1 aromatic carbocycles. The van der Waals surface area contributed by atoms with Gasteiger partial charge in [0.2, 0.25) is 0 Å². The predicted molar refractivity (Wildman–Crippen MR) is 89.7 cm³/mol. The van der Waals surface area contributed by atoms with Crippen molar-refractivity contribution >= 4 is 12.1 Å². The lowest BCUT2D eigenvalue weighted by Gasteiger charge is -2.39. The lowest BCUT2D eigenvalue weighted by molar-refractivity contribution is -0.00781. The minimum Gasteiger partial charge on any atom is -0.493 e. The van der Waals surface area contributed by atoms with Crippen molar-refractivity contribution in [1.82, 2.24) is 4.90 Å². The molecular weight excluding hydrogens is 310 g/mol. The fourth-order valence-electron chi connectivity index (χ4n) is 2.71. The second-order valence-corrected chi connectivity index (χ2v) is 7.30. The summed E-state index contributed by atoms with van der Waals surface area (Å²) in [6, 6.07) is 3.47. The summed E-state index contributed by atoms with van der Waals surface area (Å²) in [5.41, 5.74) is 1.20. The van der Waals surface area contributed by atoms with Gasteiger partial charge < -0.3 is 19.5 Å². The van der Waals surface area contributed by atoms with E-state index >= 15 is 0 Å². The normalized spacial score (nSPS) is 15.0. The first-order valence-electron chi connectivity index (χ1n) is 8.02. The molecule has 1 aromatic rings. The number of rotatable bonds is 4. The molecule has 0 aromatic heterocycles. The highest BCUT2D eigenvalue weighted by molar-refractivity contribution is 5.91. The first-order chi connectivity index (χ1) is 11.1. The van der Waals surface area contributed by atoms with Gasteiger partial charge in [-0.15, -0.1) is 0 Å². The van der Waals surface area contributed by atoms with Crippen LogP contribution in [-0.2, 0) is 4.74 Å². The smallest absolute Gasteiger partial charge is 0.410 e. The SMILES string of the molecule is Cc1cc(OCC2CN(C(=O)OC(C)(C)C)C2)cc(C)c1C(=O)O. The summed E-state index contributed by atoms with van der Waals surface area (Å²) in [6.45, 7) is 10.8. The van der Waals surface area contributed by atoms with Crippen molar-refractivity contribution in [2.24, 2.45) is 5.92 Å². The Labute approximate surface area is 142 Å². The van der Waals surface area contributed by atoms with Crippen molar-refractivity contribution in [2.75, 3.05) is 19.7 Å². The minimum absolute atomic E-state index is 0.261. The molecule has 1 fully saturated rings. The number of hydrogen-bond donors (Lipinski definition) is 1. The largest absolute Gasteiger partial charge is 0.493 e. The summed E-state index contributed by atoms with van der Waals surface area (Å²) in [5.74, 6) is -0.00783. The molecule has 0 aliphatic carbocycles. The molecule has 0 saturated carbocycles. The average Bonchev–Trinajstić information content (AvgIpc) is 2.32. The Balaban J connectivity index is 1.84. The van der Waals surface area contributed by atoms with Gasteiger partial charge in [0.05, 0.1) is 12.2 Å². The predicted octanol–water partition coefficient (Wildman–Crippen LogP) is 3.25. The molecule has 1 N–H and O–H groups in total. The van der Waals surface area contributed by atoms with Crippen LogP contribution < -0.4 is 4.74 Å². The van der Waals surface area contributed by atoms with Crippen LogP contribution in [0.25, 0.3) is 0 Å². The average molecular weight is 335 g/mol. The van der Waals surface area contributed by atoms with Crippen molar-refractivity contribution in [3.8, 4) is 5.75 Å². The van der Waals surface area contributed by atoms with Crippen LogP contribution in [0, 0.1) is 19.8 Å². The second kappa shape index (κ2) is 6.71. The number of carboxylic acids is 1. The van der Waals surface area contributed by atoms with Crippen molar-refractivity contribution in [3.05, 3.63) is 28.8 Å². The Hall–Kier alpha value is -2.24. The number of aromatic carboxylic acids is 1. The Kier molecular flexibility index (Phi) is 5.06. The van der Waals surface area contributed by atoms with Crippen molar-refractivity contribution in [3.63, 3.8) is 0 Å². The van der Waals surface area contributed by atoms with Crippen LogP contribution in [0.15, 0.2) is 12.1 Å². The molecular formula is C18H25NO5. The minimum atomic E-state index is -0.927. The topological polar surface area (TPSA) is 76.1 Å². The van der Waals surface area contributed by atoms with E-state index in [2.05, 4.69) is 0 Å². The monoisotopic (exact) mass is 335 g/mol. The van der Waals surface area contributed by atoms with Gasteiger partial charge in [-0.25, -0.2) is 9.59 Å². The van der Waals surface area contributed by atoms with Gasteiger partial charge in [-0.3, -0.25) is 0 Å². The number of ether oxygens (including phenoxy) is 2. The summed E-state index contributed by atoms with van der Waals surface area (Å²) in [6.07, 6.45) is -0.295. The zero-order valence-electron chi connectivity index (χ0n) is 14.9. The summed E-state index contributed by atoms with van der Waals surface area (Å²) in [4.78, 5) is 24.7. The van der Waals surface area contributed by atoms with E-state index in [-0.39, 0.29) is 12.0 Å². The highest BCUT2D eigenvalue weighted by Gasteiger charge is 2.34. The van der Waals surface area contributed by atoms with E-state index in [0.29, 0.717) is 42.1 Å². The number of carbonyl (C=O) groups excluding carboxylic acids is 1. The summed E-state index contributed by atoms with van der Waals surface area (Å²) in [7, 11) is 0. The first kappa shape index (κ1) is 18.1. The molecule has 0 radical (unpaired) electrons. The lowest BCUT2D eigenvalue weighted by Crippen LogP contribution is -2.53. The maximum absolute atomic E-state index is 11.9. The van der Waals surface area contributed by atoms with Crippen LogP contribution in [0.3, 0.4) is 0 Å². The first-order valence-corrected chi connectivity index (χ1v) is 8.02. The fraction of sp³-hybridized carbons (Fsp3) is 0.556. The van der Waals surface area contributed by atoms with Gasteiger partial charge in [0, 0.05) is 19.0 Å². The van der Waals surface area contributed by atoms with Crippen LogP contribution in [-0.4, -0.2) is 47.4 Å². The van der Waals surface area contributed by atoms with Crippen LogP contribution in [0.2, 0.25) is 0 Å². The molecule has 0 bridgehead atoms. The maximum atomic E-state index is 11.9. The third-order valence-corrected chi connectivity index (χ3v) is 3.81. The maximum Gasteiger partial charge on any atom is 0.410 e. The number of benzene rings is 1. The molecule has 1 saturated heterocycles. The standard InChI is InChI=1S/C18H25NO5/c1-11-6-14(7-12(2)15(11)16(20)21)23-10-13-8-19(9-13)17(22)24-18(3,4)5/h6-7,13H,8-10H2,1-5H3,(H,20,21). The number of carboxylic acid groups (broad SMARTS) is 1. The second-order valence-electron chi connectivity index (χ2n) is 7.30. The number of carbonyl (C=O) groups is 2. The van der Waals surface area contributed by atoms with Crippen LogP contribution >= 0.6 is 0 Å². The van der Waals surface area contributed by atoms with Crippen molar-refractivity contribution in [1.29, 1.82) is 0 Å². The van der Waals surface area contributed by atoms with Crippen LogP contribution in [0.5, 0.6) is 5.75 Å². The zero-order valence-corrected chi connectivity index (χ0v) is 14.9. The van der Waals surface area contributed by atoms with E-state index in [4.69, 9.17) is 9.47 Å². The molecule has 132 valence electrons. The molecule has 6 heteroatoms. The van der Waals surface area contributed by atoms with Crippen LogP contribution in [0.4, 0.5) is 4.79 Å². The lowest BCUT2D eigenvalue weighted by atomic mass is 10.0. The van der Waals surface area contributed by atoms with E-state index < -0.39 is 11.6 Å². The summed E-state index contributed by atoms with van der Waals surface area (Å²) >= 11 is 0. The van der Waals surface area contributed by atoms with Gasteiger partial charge in [0.15, 0.2) is 0 Å². The fourth-order valence-corrected chi connectivity index (χ4v) is 2.71. The highest BCUT2D eigenvalue weighted by atomic mass is 16.6. The molecule has 1 aliphatic heterocycles. The Bertz CT molecular complexity index is 618. The number of nitrogens with zero attached hydrogens (tertiary/aromatic N) is 1. The molecule has 6 nitrogen and oxygen atoms in total. The Morgan fingerprint density at radius 1 is 1.21 bits per heavy atom. The molecule has 1 aliphatic rings.